The van der Waals surface area contributed by atoms with Crippen molar-refractivity contribution in [3.05, 3.63) is 86.7 Å². The molecule has 0 amide bonds. The zero-order valence-corrected chi connectivity index (χ0v) is 13.0. The van der Waals surface area contributed by atoms with E-state index in [9.17, 15) is 9.59 Å². The number of hydrogen-bond donors (Lipinski definition) is 0. The predicted molar refractivity (Wildman–Crippen MR) is 90.0 cm³/mol. The summed E-state index contributed by atoms with van der Waals surface area (Å²) in [7, 11) is 0. The van der Waals surface area contributed by atoms with E-state index in [0.29, 0.717) is 22.1 Å². The molecule has 0 saturated carbocycles. The molecule has 0 unspecified atom stereocenters. The molecule has 1 aromatic heterocycles. The SMILES string of the molecule is O=C(C=Cc1coc2ccccc2c1=O)c1ccc(Br)cc1. The van der Waals surface area contributed by atoms with Gasteiger partial charge in [-0.05, 0) is 48.6 Å². The lowest BCUT2D eigenvalue weighted by molar-refractivity contribution is 0.104. The fraction of sp³-hybridized carbons (Fsp3) is 0. The highest BCUT2D eigenvalue weighted by atomic mass is 79.9. The average Bonchev–Trinajstić information content (AvgIpc) is 2.55. The van der Waals surface area contributed by atoms with Gasteiger partial charge in [-0.1, -0.05) is 28.1 Å². The smallest absolute Gasteiger partial charge is 0.199 e. The van der Waals surface area contributed by atoms with Crippen LogP contribution in [0.1, 0.15) is 15.9 Å². The molecule has 0 spiro atoms. The van der Waals surface area contributed by atoms with Crippen LogP contribution in [-0.4, -0.2) is 5.78 Å². The highest BCUT2D eigenvalue weighted by Crippen LogP contribution is 2.13. The van der Waals surface area contributed by atoms with Gasteiger partial charge in [0, 0.05) is 10.0 Å². The molecule has 3 aromatic rings. The van der Waals surface area contributed by atoms with Gasteiger partial charge in [0.2, 0.25) is 0 Å². The molecule has 0 N–H and O–H groups in total. The van der Waals surface area contributed by atoms with Gasteiger partial charge >= 0.3 is 0 Å². The molecular formula is C18H11BrO3. The lowest BCUT2D eigenvalue weighted by atomic mass is 10.1. The first kappa shape index (κ1) is 14.5. The molecule has 0 saturated heterocycles. The quantitative estimate of drug-likeness (QED) is 0.515. The second-order valence-electron chi connectivity index (χ2n) is 4.72. The maximum absolute atomic E-state index is 12.3. The van der Waals surface area contributed by atoms with E-state index in [1.165, 1.54) is 18.4 Å². The Labute approximate surface area is 135 Å². The Balaban J connectivity index is 1.92. The Kier molecular flexibility index (Phi) is 4.02. The summed E-state index contributed by atoms with van der Waals surface area (Å²) in [5.41, 5.74) is 1.29. The minimum Gasteiger partial charge on any atom is -0.463 e. The van der Waals surface area contributed by atoms with Crippen molar-refractivity contribution in [2.45, 2.75) is 0 Å². The van der Waals surface area contributed by atoms with Crippen LogP contribution in [0.4, 0.5) is 0 Å². The van der Waals surface area contributed by atoms with Crippen molar-refractivity contribution in [1.82, 2.24) is 0 Å². The van der Waals surface area contributed by atoms with Crippen LogP contribution in [0.25, 0.3) is 17.0 Å². The largest absolute Gasteiger partial charge is 0.463 e. The molecule has 0 fully saturated rings. The van der Waals surface area contributed by atoms with Gasteiger partial charge in [0.05, 0.1) is 10.9 Å². The van der Waals surface area contributed by atoms with Crippen LogP contribution in [0.15, 0.2) is 74.6 Å². The van der Waals surface area contributed by atoms with Crippen LogP contribution >= 0.6 is 15.9 Å². The molecule has 0 atom stereocenters. The minimum atomic E-state index is -0.167. The van der Waals surface area contributed by atoms with E-state index in [-0.39, 0.29) is 11.2 Å². The van der Waals surface area contributed by atoms with Gasteiger partial charge in [0.25, 0.3) is 0 Å². The summed E-state index contributed by atoms with van der Waals surface area (Å²) < 4.78 is 6.31. The first-order valence-corrected chi connectivity index (χ1v) is 7.43. The number of halogens is 1. The molecule has 2 aromatic carbocycles. The highest BCUT2D eigenvalue weighted by Gasteiger charge is 2.05. The van der Waals surface area contributed by atoms with Crippen LogP contribution < -0.4 is 5.43 Å². The lowest BCUT2D eigenvalue weighted by Gasteiger charge is -1.98. The second kappa shape index (κ2) is 6.12. The van der Waals surface area contributed by atoms with Crippen molar-refractivity contribution < 1.29 is 9.21 Å². The van der Waals surface area contributed by atoms with Gasteiger partial charge in [-0.15, -0.1) is 0 Å². The van der Waals surface area contributed by atoms with Crippen LogP contribution in [-0.2, 0) is 0 Å². The lowest BCUT2D eigenvalue weighted by Crippen LogP contribution is -2.05. The van der Waals surface area contributed by atoms with Crippen LogP contribution in [0.2, 0.25) is 0 Å². The van der Waals surface area contributed by atoms with E-state index < -0.39 is 0 Å². The number of ketones is 1. The zero-order chi connectivity index (χ0) is 15.5. The fourth-order valence-corrected chi connectivity index (χ4v) is 2.35. The molecule has 4 heteroatoms. The molecular weight excluding hydrogens is 344 g/mol. The molecule has 108 valence electrons. The topological polar surface area (TPSA) is 47.3 Å². The van der Waals surface area contributed by atoms with E-state index >= 15 is 0 Å². The van der Waals surface area contributed by atoms with Crippen molar-refractivity contribution in [2.75, 3.05) is 0 Å². The summed E-state index contributed by atoms with van der Waals surface area (Å²) in [4.78, 5) is 24.4. The number of carbonyl (C=O) groups excluding carboxylic acids is 1. The van der Waals surface area contributed by atoms with E-state index in [0.717, 1.165) is 4.47 Å². The second-order valence-corrected chi connectivity index (χ2v) is 5.64. The maximum atomic E-state index is 12.3. The Morgan fingerprint density at radius 2 is 1.77 bits per heavy atom. The third kappa shape index (κ3) is 2.92. The molecule has 0 bridgehead atoms. The molecule has 0 radical (unpaired) electrons. The van der Waals surface area contributed by atoms with Gasteiger partial charge < -0.3 is 4.42 Å². The van der Waals surface area contributed by atoms with E-state index in [1.54, 1.807) is 48.5 Å². The van der Waals surface area contributed by atoms with Crippen LogP contribution in [0, 0.1) is 0 Å². The zero-order valence-electron chi connectivity index (χ0n) is 11.5. The Bertz CT molecular complexity index is 921. The fourth-order valence-electron chi connectivity index (χ4n) is 2.08. The van der Waals surface area contributed by atoms with Crippen molar-refractivity contribution in [1.29, 1.82) is 0 Å². The monoisotopic (exact) mass is 354 g/mol. The van der Waals surface area contributed by atoms with Crippen molar-refractivity contribution in [3.63, 3.8) is 0 Å². The van der Waals surface area contributed by atoms with E-state index in [2.05, 4.69) is 15.9 Å². The van der Waals surface area contributed by atoms with E-state index in [1.807, 2.05) is 0 Å². The van der Waals surface area contributed by atoms with Crippen molar-refractivity contribution in [2.24, 2.45) is 0 Å². The third-order valence-corrected chi connectivity index (χ3v) is 3.78. The number of carbonyl (C=O) groups is 1. The molecule has 22 heavy (non-hydrogen) atoms. The Hall–Kier alpha value is -2.46. The summed E-state index contributed by atoms with van der Waals surface area (Å²) in [6.07, 6.45) is 4.24. The molecule has 3 nitrogen and oxygen atoms in total. The maximum Gasteiger partial charge on any atom is 0.199 e. The normalized spacial score (nSPS) is 11.1. The van der Waals surface area contributed by atoms with Gasteiger partial charge in [0.1, 0.15) is 11.8 Å². The highest BCUT2D eigenvalue weighted by molar-refractivity contribution is 9.10. The molecule has 0 aliphatic heterocycles. The van der Waals surface area contributed by atoms with Gasteiger partial charge in [0.15, 0.2) is 11.2 Å². The summed E-state index contributed by atoms with van der Waals surface area (Å²) in [6, 6.07) is 14.1. The number of fused-ring (bicyclic) bond motifs is 1. The van der Waals surface area contributed by atoms with Gasteiger partial charge in [-0.2, -0.15) is 0 Å². The molecule has 0 aliphatic rings. The molecule has 1 heterocycles. The summed E-state index contributed by atoms with van der Waals surface area (Å²) in [5, 5.41) is 0.501. The Morgan fingerprint density at radius 3 is 2.55 bits per heavy atom. The van der Waals surface area contributed by atoms with Crippen molar-refractivity contribution in [3.8, 4) is 0 Å². The van der Waals surface area contributed by atoms with Crippen LogP contribution in [0.3, 0.4) is 0 Å². The Morgan fingerprint density at radius 1 is 1.05 bits per heavy atom. The number of para-hydroxylation sites is 1. The summed E-state index contributed by atoms with van der Waals surface area (Å²) in [6.45, 7) is 0. The average molecular weight is 355 g/mol. The minimum absolute atomic E-state index is 0.151. The van der Waals surface area contributed by atoms with Crippen molar-refractivity contribution >= 4 is 38.8 Å². The first-order chi connectivity index (χ1) is 10.6. The molecule has 3 rings (SSSR count). The number of rotatable bonds is 3. The summed E-state index contributed by atoms with van der Waals surface area (Å²) >= 11 is 3.32. The number of hydrogen-bond acceptors (Lipinski definition) is 3. The summed E-state index contributed by atoms with van der Waals surface area (Å²) in [5.74, 6) is -0.167. The number of allylic oxidation sites excluding steroid dienone is 1. The van der Waals surface area contributed by atoms with Gasteiger partial charge in [-0.25, -0.2) is 0 Å². The number of benzene rings is 2. The van der Waals surface area contributed by atoms with Crippen LogP contribution in [0.5, 0.6) is 0 Å². The third-order valence-electron chi connectivity index (χ3n) is 3.25. The predicted octanol–water partition coefficient (Wildman–Crippen LogP) is 4.45. The molecule has 0 aliphatic carbocycles. The van der Waals surface area contributed by atoms with E-state index in [4.69, 9.17) is 4.42 Å². The van der Waals surface area contributed by atoms with Gasteiger partial charge in [-0.3, -0.25) is 9.59 Å². The first-order valence-electron chi connectivity index (χ1n) is 6.64. The standard InChI is InChI=1S/C18H11BrO3/c19-14-8-5-12(6-9-14)16(20)10-7-13-11-22-17-4-2-1-3-15(17)18(13)21/h1-11H.